The molecule has 0 unspecified atom stereocenters. The molecule has 0 aliphatic carbocycles. The minimum absolute atomic E-state index is 0.339. The van der Waals surface area contributed by atoms with Crippen LogP contribution < -0.4 is 16.8 Å². The summed E-state index contributed by atoms with van der Waals surface area (Å²) in [5, 5.41) is 2.92. The molecule has 0 aliphatic heterocycles. The molecular formula is C8H11BrFN3. The van der Waals surface area contributed by atoms with Crippen molar-refractivity contribution in [1.29, 1.82) is 0 Å². The quantitative estimate of drug-likeness (QED) is 0.711. The maximum absolute atomic E-state index is 13.0. The van der Waals surface area contributed by atoms with Crippen LogP contribution in [0.5, 0.6) is 0 Å². The van der Waals surface area contributed by atoms with Crippen LogP contribution >= 0.6 is 15.9 Å². The zero-order valence-electron chi connectivity index (χ0n) is 6.98. The van der Waals surface area contributed by atoms with Crippen molar-refractivity contribution in [3.63, 3.8) is 0 Å². The summed E-state index contributed by atoms with van der Waals surface area (Å²) in [5.74, 6) is -0.339. The molecule has 0 saturated carbocycles. The van der Waals surface area contributed by atoms with Gasteiger partial charge in [-0.2, -0.15) is 0 Å². The molecule has 0 amide bonds. The Morgan fingerprint density at radius 2 is 2.15 bits per heavy atom. The van der Waals surface area contributed by atoms with Gasteiger partial charge in [0.05, 0.1) is 15.8 Å². The molecule has 0 aromatic heterocycles. The van der Waals surface area contributed by atoms with E-state index in [2.05, 4.69) is 21.2 Å². The molecule has 0 spiro atoms. The first-order valence-electron chi connectivity index (χ1n) is 3.83. The fraction of sp³-hybridized carbons (Fsp3) is 0.250. The highest BCUT2D eigenvalue weighted by Gasteiger charge is 2.04. The molecule has 0 saturated heterocycles. The molecule has 0 aliphatic rings. The predicted octanol–water partition coefficient (Wildman–Crippen LogP) is 1.54. The Labute approximate surface area is 84.4 Å². The molecule has 1 rings (SSSR count). The molecule has 0 fully saturated rings. The standard InChI is InChI=1S/C8H11BrFN3/c9-5-3-7(12)8(4-6(5)10)13-2-1-11/h3-4,13H,1-2,11-12H2. The third-order valence-electron chi connectivity index (χ3n) is 1.55. The maximum atomic E-state index is 13.0. The van der Waals surface area contributed by atoms with Crippen LogP contribution in [-0.4, -0.2) is 13.1 Å². The summed E-state index contributed by atoms with van der Waals surface area (Å²) in [4.78, 5) is 0. The number of hydrogen-bond acceptors (Lipinski definition) is 3. The Kier molecular flexibility index (Phi) is 3.50. The summed E-state index contributed by atoms with van der Waals surface area (Å²) in [6.45, 7) is 1.06. The van der Waals surface area contributed by atoms with Crippen molar-refractivity contribution >= 4 is 27.3 Å². The Morgan fingerprint density at radius 3 is 2.77 bits per heavy atom. The zero-order chi connectivity index (χ0) is 9.84. The minimum Gasteiger partial charge on any atom is -0.397 e. The van der Waals surface area contributed by atoms with E-state index in [-0.39, 0.29) is 5.82 Å². The van der Waals surface area contributed by atoms with Crippen LogP contribution in [0.2, 0.25) is 0 Å². The van der Waals surface area contributed by atoms with Crippen molar-refractivity contribution < 1.29 is 4.39 Å². The summed E-state index contributed by atoms with van der Waals surface area (Å²) >= 11 is 3.04. The first kappa shape index (κ1) is 10.3. The van der Waals surface area contributed by atoms with Crippen molar-refractivity contribution in [2.24, 2.45) is 5.73 Å². The fourth-order valence-corrected chi connectivity index (χ4v) is 1.28. The molecular weight excluding hydrogens is 237 g/mol. The van der Waals surface area contributed by atoms with Gasteiger partial charge in [0.25, 0.3) is 0 Å². The lowest BCUT2D eigenvalue weighted by molar-refractivity contribution is 0.622. The molecule has 1 aromatic carbocycles. The van der Waals surface area contributed by atoms with E-state index in [1.54, 1.807) is 0 Å². The van der Waals surface area contributed by atoms with E-state index in [1.807, 2.05) is 0 Å². The second kappa shape index (κ2) is 4.43. The number of hydrogen-bond donors (Lipinski definition) is 3. The summed E-state index contributed by atoms with van der Waals surface area (Å²) in [5.41, 5.74) is 12.0. The Bertz CT molecular complexity index is 304. The molecule has 13 heavy (non-hydrogen) atoms. The number of anilines is 2. The molecule has 5 heteroatoms. The fourth-order valence-electron chi connectivity index (χ4n) is 0.922. The lowest BCUT2D eigenvalue weighted by Crippen LogP contribution is -2.14. The number of nitrogens with two attached hydrogens (primary N) is 2. The van der Waals surface area contributed by atoms with Gasteiger partial charge in [-0.15, -0.1) is 0 Å². The first-order chi connectivity index (χ1) is 6.15. The molecule has 3 nitrogen and oxygen atoms in total. The molecule has 1 aromatic rings. The van der Waals surface area contributed by atoms with Gasteiger partial charge in [-0.1, -0.05) is 0 Å². The highest BCUT2D eigenvalue weighted by Crippen LogP contribution is 2.26. The van der Waals surface area contributed by atoms with E-state index >= 15 is 0 Å². The largest absolute Gasteiger partial charge is 0.397 e. The zero-order valence-corrected chi connectivity index (χ0v) is 8.57. The van der Waals surface area contributed by atoms with Crippen LogP contribution in [0.1, 0.15) is 0 Å². The predicted molar refractivity (Wildman–Crippen MR) is 56.1 cm³/mol. The van der Waals surface area contributed by atoms with E-state index in [9.17, 15) is 4.39 Å². The van der Waals surface area contributed by atoms with Crippen molar-refractivity contribution in [2.75, 3.05) is 24.1 Å². The number of nitrogens with one attached hydrogen (secondary N) is 1. The van der Waals surface area contributed by atoms with Gasteiger partial charge in [0, 0.05) is 19.2 Å². The lowest BCUT2D eigenvalue weighted by Gasteiger charge is -2.08. The van der Waals surface area contributed by atoms with Gasteiger partial charge < -0.3 is 16.8 Å². The lowest BCUT2D eigenvalue weighted by atomic mass is 10.2. The Morgan fingerprint density at radius 1 is 1.46 bits per heavy atom. The molecule has 0 atom stereocenters. The second-order valence-corrected chi connectivity index (χ2v) is 3.42. The van der Waals surface area contributed by atoms with E-state index in [0.29, 0.717) is 28.9 Å². The molecule has 0 radical (unpaired) electrons. The van der Waals surface area contributed by atoms with Crippen molar-refractivity contribution in [2.45, 2.75) is 0 Å². The SMILES string of the molecule is NCCNc1cc(F)c(Br)cc1N. The van der Waals surface area contributed by atoms with Gasteiger partial charge in [-0.25, -0.2) is 4.39 Å². The van der Waals surface area contributed by atoms with Crippen LogP contribution in [0.3, 0.4) is 0 Å². The van der Waals surface area contributed by atoms with E-state index in [1.165, 1.54) is 12.1 Å². The number of nitrogen functional groups attached to an aromatic ring is 1. The summed E-state index contributed by atoms with van der Waals surface area (Å²) < 4.78 is 13.4. The number of halogens is 2. The smallest absolute Gasteiger partial charge is 0.139 e. The Hall–Kier alpha value is -0.810. The van der Waals surface area contributed by atoms with E-state index < -0.39 is 0 Å². The van der Waals surface area contributed by atoms with Crippen LogP contribution in [0.15, 0.2) is 16.6 Å². The first-order valence-corrected chi connectivity index (χ1v) is 4.63. The topological polar surface area (TPSA) is 64.1 Å². The molecule has 72 valence electrons. The molecule has 0 bridgehead atoms. The van der Waals surface area contributed by atoms with Crippen LogP contribution in [0.4, 0.5) is 15.8 Å². The molecule has 0 heterocycles. The van der Waals surface area contributed by atoms with Gasteiger partial charge in [-0.3, -0.25) is 0 Å². The van der Waals surface area contributed by atoms with Gasteiger partial charge in [0.1, 0.15) is 5.82 Å². The third-order valence-corrected chi connectivity index (χ3v) is 2.16. The highest BCUT2D eigenvalue weighted by atomic mass is 79.9. The number of benzene rings is 1. The minimum atomic E-state index is -0.339. The Balaban J connectivity index is 2.88. The molecule has 5 N–H and O–H groups in total. The average molecular weight is 248 g/mol. The maximum Gasteiger partial charge on any atom is 0.139 e. The van der Waals surface area contributed by atoms with Gasteiger partial charge >= 0.3 is 0 Å². The monoisotopic (exact) mass is 247 g/mol. The van der Waals surface area contributed by atoms with Crippen molar-refractivity contribution in [3.05, 3.63) is 22.4 Å². The van der Waals surface area contributed by atoms with E-state index in [4.69, 9.17) is 11.5 Å². The van der Waals surface area contributed by atoms with Crippen molar-refractivity contribution in [1.82, 2.24) is 0 Å². The van der Waals surface area contributed by atoms with Crippen LogP contribution in [0, 0.1) is 5.82 Å². The number of rotatable bonds is 3. The van der Waals surface area contributed by atoms with E-state index in [0.717, 1.165) is 0 Å². The average Bonchev–Trinajstić information content (AvgIpc) is 2.09. The summed E-state index contributed by atoms with van der Waals surface area (Å²) in [7, 11) is 0. The highest BCUT2D eigenvalue weighted by molar-refractivity contribution is 9.10. The van der Waals surface area contributed by atoms with Crippen LogP contribution in [-0.2, 0) is 0 Å². The van der Waals surface area contributed by atoms with Crippen molar-refractivity contribution in [3.8, 4) is 0 Å². The normalized spacial score (nSPS) is 10.1. The van der Waals surface area contributed by atoms with Gasteiger partial charge in [0.15, 0.2) is 0 Å². The van der Waals surface area contributed by atoms with Crippen LogP contribution in [0.25, 0.3) is 0 Å². The van der Waals surface area contributed by atoms with Gasteiger partial charge in [-0.05, 0) is 22.0 Å². The summed E-state index contributed by atoms with van der Waals surface area (Å²) in [6, 6.07) is 2.86. The third kappa shape index (κ3) is 2.57. The summed E-state index contributed by atoms with van der Waals surface area (Å²) in [6.07, 6.45) is 0. The second-order valence-electron chi connectivity index (χ2n) is 2.57. The van der Waals surface area contributed by atoms with Gasteiger partial charge in [0.2, 0.25) is 0 Å².